The van der Waals surface area contributed by atoms with Crippen molar-refractivity contribution in [2.45, 2.75) is 6.54 Å². The van der Waals surface area contributed by atoms with Crippen LogP contribution in [0, 0.1) is 11.3 Å². The number of ether oxygens (including phenoxy) is 1. The zero-order valence-electron chi connectivity index (χ0n) is 16.8. The second-order valence-corrected chi connectivity index (χ2v) is 7.20. The summed E-state index contributed by atoms with van der Waals surface area (Å²) in [7, 11) is 1.36. The van der Waals surface area contributed by atoms with E-state index in [1.165, 1.54) is 12.7 Å². The maximum Gasteiger partial charge on any atom is 0.409 e. The third kappa shape index (κ3) is 5.48. The molecule has 0 atom stereocenters. The van der Waals surface area contributed by atoms with Crippen molar-refractivity contribution in [3.63, 3.8) is 0 Å². The number of nitriles is 1. The number of hydrogen-bond acceptors (Lipinski definition) is 6. The minimum Gasteiger partial charge on any atom is -0.453 e. The molecule has 154 valence electrons. The van der Waals surface area contributed by atoms with Crippen molar-refractivity contribution in [1.82, 2.24) is 19.6 Å². The van der Waals surface area contributed by atoms with Gasteiger partial charge in [0.15, 0.2) is 0 Å². The first-order chi connectivity index (χ1) is 14.1. The van der Waals surface area contributed by atoms with E-state index in [1.807, 2.05) is 23.1 Å². The molecule has 2 amide bonds. The Bertz CT molecular complexity index is 773. The van der Waals surface area contributed by atoms with Gasteiger partial charge in [0.1, 0.15) is 11.6 Å². The predicted octanol–water partition coefficient (Wildman–Crippen LogP) is 1.12. The third-order valence-electron chi connectivity index (χ3n) is 5.32. The lowest BCUT2D eigenvalue weighted by Crippen LogP contribution is -2.49. The molecule has 2 aliphatic rings. The molecule has 0 saturated carbocycles. The summed E-state index contributed by atoms with van der Waals surface area (Å²) in [6.07, 6.45) is 1.28. The molecule has 8 heteroatoms. The average molecular weight is 397 g/mol. The van der Waals surface area contributed by atoms with Gasteiger partial charge >= 0.3 is 6.09 Å². The van der Waals surface area contributed by atoms with Gasteiger partial charge in [0.2, 0.25) is 0 Å². The summed E-state index contributed by atoms with van der Waals surface area (Å²) in [4.78, 5) is 32.0. The molecule has 0 radical (unpaired) electrons. The van der Waals surface area contributed by atoms with Crippen LogP contribution in [-0.2, 0) is 16.1 Å². The van der Waals surface area contributed by atoms with Gasteiger partial charge in [0.05, 0.1) is 7.11 Å². The van der Waals surface area contributed by atoms with Gasteiger partial charge in [0, 0.05) is 65.1 Å². The van der Waals surface area contributed by atoms with Crippen LogP contribution in [0.2, 0.25) is 0 Å². The molecule has 0 aromatic heterocycles. The Labute approximate surface area is 171 Å². The van der Waals surface area contributed by atoms with E-state index in [0.29, 0.717) is 39.3 Å². The molecular weight excluding hydrogens is 370 g/mol. The Hall–Kier alpha value is -3.05. The van der Waals surface area contributed by atoms with Crippen LogP contribution in [-0.4, -0.2) is 91.1 Å². The molecule has 0 unspecified atom stereocenters. The van der Waals surface area contributed by atoms with E-state index in [0.717, 1.165) is 19.6 Å². The molecule has 2 aliphatic heterocycles. The molecular formula is C21H27N5O3. The highest BCUT2D eigenvalue weighted by atomic mass is 16.5. The maximum atomic E-state index is 12.8. The number of piperazine rings is 2. The Morgan fingerprint density at radius 2 is 1.62 bits per heavy atom. The normalized spacial score (nSPS) is 18.3. The number of rotatable bonds is 4. The van der Waals surface area contributed by atoms with Crippen molar-refractivity contribution >= 4 is 12.0 Å². The number of carbonyl (C=O) groups excluding carboxylic acids is 2. The highest BCUT2D eigenvalue weighted by Gasteiger charge is 2.25. The van der Waals surface area contributed by atoms with Crippen molar-refractivity contribution in [2.24, 2.45) is 0 Å². The molecule has 0 aliphatic carbocycles. The molecule has 0 spiro atoms. The molecule has 0 N–H and O–H groups in total. The van der Waals surface area contributed by atoms with E-state index in [9.17, 15) is 14.9 Å². The van der Waals surface area contributed by atoms with E-state index in [4.69, 9.17) is 4.74 Å². The second kappa shape index (κ2) is 9.94. The summed E-state index contributed by atoms with van der Waals surface area (Å²) in [5, 5.41) is 9.50. The Morgan fingerprint density at radius 3 is 2.21 bits per heavy atom. The smallest absolute Gasteiger partial charge is 0.409 e. The third-order valence-corrected chi connectivity index (χ3v) is 5.32. The summed E-state index contributed by atoms with van der Waals surface area (Å²) in [6.45, 7) is 5.82. The number of hydrogen-bond donors (Lipinski definition) is 0. The lowest BCUT2D eigenvalue weighted by atomic mass is 10.2. The number of methoxy groups -OCH3 is 1. The van der Waals surface area contributed by atoms with Crippen LogP contribution in [0.25, 0.3) is 0 Å². The topological polar surface area (TPSA) is 80.1 Å². The monoisotopic (exact) mass is 397 g/mol. The standard InChI is InChI=1S/C21H27N5O3/c1-29-21(28)26-13-9-24(10-14-26)17-19(15-22)20(27)25-11-7-23(8-12-25)16-18-5-3-2-4-6-18/h2-6,17H,7-14,16H2,1H3/b19-17-. The summed E-state index contributed by atoms with van der Waals surface area (Å²) in [6, 6.07) is 12.3. The fourth-order valence-corrected chi connectivity index (χ4v) is 3.60. The van der Waals surface area contributed by atoms with Crippen LogP contribution in [0.5, 0.6) is 0 Å². The predicted molar refractivity (Wildman–Crippen MR) is 108 cm³/mol. The highest BCUT2D eigenvalue weighted by molar-refractivity contribution is 5.97. The number of nitrogens with zero attached hydrogens (tertiary/aromatic N) is 5. The van der Waals surface area contributed by atoms with Crippen LogP contribution in [0.15, 0.2) is 42.1 Å². The van der Waals surface area contributed by atoms with E-state index >= 15 is 0 Å². The van der Waals surface area contributed by atoms with E-state index in [2.05, 4.69) is 23.1 Å². The second-order valence-electron chi connectivity index (χ2n) is 7.20. The van der Waals surface area contributed by atoms with Gasteiger partial charge in [-0.1, -0.05) is 30.3 Å². The maximum absolute atomic E-state index is 12.8. The van der Waals surface area contributed by atoms with Crippen LogP contribution >= 0.6 is 0 Å². The van der Waals surface area contributed by atoms with Gasteiger partial charge in [-0.2, -0.15) is 5.26 Å². The minimum atomic E-state index is -0.349. The van der Waals surface area contributed by atoms with Gasteiger partial charge in [-0.15, -0.1) is 0 Å². The van der Waals surface area contributed by atoms with Crippen molar-refractivity contribution in [1.29, 1.82) is 5.26 Å². The lowest BCUT2D eigenvalue weighted by molar-refractivity contribution is -0.128. The minimum absolute atomic E-state index is 0.146. The molecule has 29 heavy (non-hydrogen) atoms. The lowest BCUT2D eigenvalue weighted by Gasteiger charge is -2.35. The van der Waals surface area contributed by atoms with Crippen molar-refractivity contribution in [3.05, 3.63) is 47.7 Å². The molecule has 2 heterocycles. The highest BCUT2D eigenvalue weighted by Crippen LogP contribution is 2.12. The van der Waals surface area contributed by atoms with Crippen LogP contribution in [0.1, 0.15) is 5.56 Å². The zero-order chi connectivity index (χ0) is 20.6. The van der Waals surface area contributed by atoms with E-state index in [1.54, 1.807) is 16.0 Å². The van der Waals surface area contributed by atoms with Crippen LogP contribution < -0.4 is 0 Å². The molecule has 2 saturated heterocycles. The van der Waals surface area contributed by atoms with E-state index < -0.39 is 0 Å². The zero-order valence-corrected chi connectivity index (χ0v) is 16.8. The Morgan fingerprint density at radius 1 is 1.00 bits per heavy atom. The molecule has 0 bridgehead atoms. The number of carbonyl (C=O) groups is 2. The summed E-state index contributed by atoms with van der Waals surface area (Å²) in [5.41, 5.74) is 1.41. The van der Waals surface area contributed by atoms with Crippen LogP contribution in [0.3, 0.4) is 0 Å². The van der Waals surface area contributed by atoms with Gasteiger partial charge in [0.25, 0.3) is 5.91 Å². The summed E-state index contributed by atoms with van der Waals surface area (Å²) < 4.78 is 4.73. The SMILES string of the molecule is COC(=O)N1CCN(/C=C(/C#N)C(=O)N2CCN(Cc3ccccc3)CC2)CC1. The van der Waals surface area contributed by atoms with Gasteiger partial charge < -0.3 is 19.4 Å². The molecule has 3 rings (SSSR count). The Balaban J connectivity index is 1.51. The molecule has 1 aromatic rings. The number of benzene rings is 1. The van der Waals surface area contributed by atoms with E-state index in [-0.39, 0.29) is 17.6 Å². The molecule has 8 nitrogen and oxygen atoms in total. The first kappa shape index (κ1) is 20.7. The largest absolute Gasteiger partial charge is 0.453 e. The Kier molecular flexibility index (Phi) is 7.09. The first-order valence-electron chi connectivity index (χ1n) is 9.85. The van der Waals surface area contributed by atoms with Gasteiger partial charge in [-0.25, -0.2) is 4.79 Å². The fraction of sp³-hybridized carbons (Fsp3) is 0.476. The van der Waals surface area contributed by atoms with Crippen molar-refractivity contribution < 1.29 is 14.3 Å². The quantitative estimate of drug-likeness (QED) is 0.560. The fourth-order valence-electron chi connectivity index (χ4n) is 3.60. The molecule has 2 fully saturated rings. The summed E-state index contributed by atoms with van der Waals surface area (Å²) >= 11 is 0. The average Bonchev–Trinajstić information content (AvgIpc) is 2.78. The number of amides is 2. The molecule has 1 aromatic carbocycles. The first-order valence-corrected chi connectivity index (χ1v) is 9.85. The van der Waals surface area contributed by atoms with Gasteiger partial charge in [-0.05, 0) is 5.56 Å². The van der Waals surface area contributed by atoms with Crippen molar-refractivity contribution in [2.75, 3.05) is 59.5 Å². The van der Waals surface area contributed by atoms with Gasteiger partial charge in [-0.3, -0.25) is 9.69 Å². The summed E-state index contributed by atoms with van der Waals surface area (Å²) in [5.74, 6) is -0.220. The van der Waals surface area contributed by atoms with Crippen LogP contribution in [0.4, 0.5) is 4.79 Å². The van der Waals surface area contributed by atoms with Crippen molar-refractivity contribution in [3.8, 4) is 6.07 Å².